The molecule has 0 amide bonds. The van der Waals surface area contributed by atoms with Crippen LogP contribution < -0.4 is 9.80 Å². The van der Waals surface area contributed by atoms with Crippen LogP contribution in [-0.2, 0) is 0 Å². The number of nitrogens with zero attached hydrogens (tertiary/aromatic N) is 2. The van der Waals surface area contributed by atoms with Gasteiger partial charge in [-0.3, -0.25) is 0 Å². The van der Waals surface area contributed by atoms with Crippen molar-refractivity contribution in [3.63, 3.8) is 0 Å². The van der Waals surface area contributed by atoms with Gasteiger partial charge in [-0.1, -0.05) is 224 Å². The smallest absolute Gasteiger partial charge is 0.0566 e. The summed E-state index contributed by atoms with van der Waals surface area (Å²) < 4.78 is 0. The molecule has 0 bridgehead atoms. The van der Waals surface area contributed by atoms with Crippen molar-refractivity contribution in [1.29, 1.82) is 0 Å². The van der Waals surface area contributed by atoms with Crippen molar-refractivity contribution in [3.05, 3.63) is 290 Å². The third-order valence-corrected chi connectivity index (χ3v) is 14.5. The van der Waals surface area contributed by atoms with Gasteiger partial charge in [-0.25, -0.2) is 0 Å². The van der Waals surface area contributed by atoms with E-state index in [1.54, 1.807) is 0 Å². The van der Waals surface area contributed by atoms with Crippen LogP contribution in [0.4, 0.5) is 22.7 Å². The Morgan fingerprint density at radius 1 is 0.300 bits per heavy atom. The Labute approximate surface area is 412 Å². The van der Waals surface area contributed by atoms with Gasteiger partial charge in [0.05, 0.1) is 12.1 Å². The Balaban J connectivity index is 0.865. The highest BCUT2D eigenvalue weighted by molar-refractivity contribution is 5.98. The second-order valence-corrected chi connectivity index (χ2v) is 18.8. The van der Waals surface area contributed by atoms with E-state index in [0.29, 0.717) is 5.92 Å². The summed E-state index contributed by atoms with van der Waals surface area (Å²) in [5, 5.41) is 5.00. The quantitative estimate of drug-likeness (QED) is 0.119. The Morgan fingerprint density at radius 3 is 1.29 bits per heavy atom. The molecule has 0 heterocycles. The van der Waals surface area contributed by atoms with Gasteiger partial charge in [0.2, 0.25) is 0 Å². The Hall–Kier alpha value is -8.46. The van der Waals surface area contributed by atoms with Gasteiger partial charge in [0.15, 0.2) is 0 Å². The van der Waals surface area contributed by atoms with Crippen LogP contribution in [-0.4, -0.2) is 12.1 Å². The molecule has 2 aliphatic rings. The van der Waals surface area contributed by atoms with Crippen LogP contribution >= 0.6 is 0 Å². The Morgan fingerprint density at radius 2 is 0.757 bits per heavy atom. The van der Waals surface area contributed by atoms with Crippen LogP contribution in [0.5, 0.6) is 0 Å². The average Bonchev–Trinajstić information content (AvgIpc) is 3.44. The molecule has 0 fully saturated rings. The lowest BCUT2D eigenvalue weighted by molar-refractivity contribution is 0.586. The highest BCUT2D eigenvalue weighted by Gasteiger charge is 2.28. The predicted octanol–water partition coefficient (Wildman–Crippen LogP) is 18.0. The molecule has 2 heteroatoms. The van der Waals surface area contributed by atoms with E-state index in [9.17, 15) is 0 Å². The number of allylic oxidation sites excluding steroid dienone is 3. The summed E-state index contributed by atoms with van der Waals surface area (Å²) in [6.45, 7) is 0. The molecule has 0 radical (unpaired) electrons. The fourth-order valence-electron chi connectivity index (χ4n) is 10.9. The minimum absolute atomic E-state index is 0.0872. The molecule has 12 rings (SSSR count). The lowest BCUT2D eigenvalue weighted by Gasteiger charge is -2.36. The first-order valence-corrected chi connectivity index (χ1v) is 24.8. The van der Waals surface area contributed by atoms with E-state index >= 15 is 0 Å². The normalized spacial score (nSPS) is 16.7. The molecule has 0 aromatic heterocycles. The molecule has 3 unspecified atom stereocenters. The van der Waals surface area contributed by atoms with Crippen molar-refractivity contribution in [2.24, 2.45) is 0 Å². The van der Waals surface area contributed by atoms with Crippen molar-refractivity contribution in [2.75, 3.05) is 9.80 Å². The molecule has 0 aliphatic heterocycles. The molecule has 0 spiro atoms. The van der Waals surface area contributed by atoms with Crippen molar-refractivity contribution in [3.8, 4) is 22.3 Å². The molecule has 2 aliphatic carbocycles. The third kappa shape index (κ3) is 8.77. The molecule has 3 atom stereocenters. The zero-order chi connectivity index (χ0) is 46.6. The maximum absolute atomic E-state index is 2.55. The maximum atomic E-state index is 2.55. The number of hydrogen-bond donors (Lipinski definition) is 0. The summed E-state index contributed by atoms with van der Waals surface area (Å²) in [5.41, 5.74) is 16.2. The summed E-state index contributed by atoms with van der Waals surface area (Å²) in [6.07, 6.45) is 12.7. The van der Waals surface area contributed by atoms with Gasteiger partial charge >= 0.3 is 0 Å². The molecule has 0 N–H and O–H groups in total. The largest absolute Gasteiger partial charge is 0.335 e. The second-order valence-electron chi connectivity index (χ2n) is 18.8. The van der Waals surface area contributed by atoms with Crippen molar-refractivity contribution in [2.45, 2.75) is 37.3 Å². The topological polar surface area (TPSA) is 6.48 Å². The van der Waals surface area contributed by atoms with Gasteiger partial charge in [0.1, 0.15) is 0 Å². The molecule has 2 nitrogen and oxygen atoms in total. The van der Waals surface area contributed by atoms with Crippen LogP contribution in [0.2, 0.25) is 0 Å². The molecule has 10 aromatic rings. The van der Waals surface area contributed by atoms with E-state index in [-0.39, 0.29) is 12.1 Å². The fourth-order valence-corrected chi connectivity index (χ4v) is 10.9. The highest BCUT2D eigenvalue weighted by atomic mass is 15.2. The molecule has 336 valence electrons. The lowest BCUT2D eigenvalue weighted by atomic mass is 9.82. The number of rotatable bonds is 11. The summed E-state index contributed by atoms with van der Waals surface area (Å²) in [5.74, 6) is 0.318. The first kappa shape index (κ1) is 42.9. The van der Waals surface area contributed by atoms with E-state index < -0.39 is 0 Å². The van der Waals surface area contributed by atoms with Crippen LogP contribution in [0.1, 0.15) is 41.9 Å². The average molecular weight is 899 g/mol. The number of benzene rings is 10. The van der Waals surface area contributed by atoms with Gasteiger partial charge in [0, 0.05) is 28.7 Å². The maximum Gasteiger partial charge on any atom is 0.0566 e. The summed E-state index contributed by atoms with van der Waals surface area (Å²) in [7, 11) is 0. The van der Waals surface area contributed by atoms with Crippen LogP contribution in [0.25, 0.3) is 54.9 Å². The number of hydrogen-bond acceptors (Lipinski definition) is 2. The van der Waals surface area contributed by atoms with E-state index in [1.165, 1.54) is 94.4 Å². The van der Waals surface area contributed by atoms with Crippen LogP contribution in [0.15, 0.2) is 273 Å². The summed E-state index contributed by atoms with van der Waals surface area (Å²) in [6, 6.07) is 91.5. The summed E-state index contributed by atoms with van der Waals surface area (Å²) >= 11 is 0. The minimum Gasteiger partial charge on any atom is -0.335 e. The summed E-state index contributed by atoms with van der Waals surface area (Å²) in [4.78, 5) is 5.08. The van der Waals surface area contributed by atoms with Crippen molar-refractivity contribution >= 4 is 55.4 Å². The number of anilines is 4. The molecule has 10 aromatic carbocycles. The highest BCUT2D eigenvalue weighted by Crippen LogP contribution is 2.43. The molecular weight excluding hydrogens is 845 g/mol. The van der Waals surface area contributed by atoms with E-state index in [2.05, 4.69) is 283 Å². The van der Waals surface area contributed by atoms with Gasteiger partial charge in [-0.2, -0.15) is 0 Å². The zero-order valence-corrected chi connectivity index (χ0v) is 39.2. The monoisotopic (exact) mass is 898 g/mol. The molecular formula is C68H54N2. The fraction of sp³-hybridized carbons (Fsp3) is 0.0882. The first-order valence-electron chi connectivity index (χ1n) is 24.8. The Kier molecular flexibility index (Phi) is 11.8. The van der Waals surface area contributed by atoms with Gasteiger partial charge in [-0.05, 0) is 139 Å². The van der Waals surface area contributed by atoms with E-state index in [0.717, 1.165) is 19.3 Å². The van der Waals surface area contributed by atoms with Crippen LogP contribution in [0, 0.1) is 0 Å². The van der Waals surface area contributed by atoms with Gasteiger partial charge in [0.25, 0.3) is 0 Å². The van der Waals surface area contributed by atoms with Gasteiger partial charge < -0.3 is 9.80 Å². The minimum atomic E-state index is 0.0872. The predicted molar refractivity (Wildman–Crippen MR) is 298 cm³/mol. The molecule has 0 saturated carbocycles. The van der Waals surface area contributed by atoms with E-state index in [1.807, 2.05) is 0 Å². The van der Waals surface area contributed by atoms with Crippen LogP contribution in [0.3, 0.4) is 0 Å². The zero-order valence-electron chi connectivity index (χ0n) is 39.2. The molecule has 0 saturated heterocycles. The van der Waals surface area contributed by atoms with Gasteiger partial charge in [-0.15, -0.1) is 0 Å². The SMILES string of the molecule is C1=CC(N(c2ccc(-c3ccccc3)cc2)c2ccc3ccccc3c2)CC(c2ccccc2)=C1c1cccc(C2C=CC(N(c3ccc(-c4ccccc4)cc3)c3ccc4ccccc4c3)CC2)c1. The van der Waals surface area contributed by atoms with E-state index in [4.69, 9.17) is 0 Å². The number of fused-ring (bicyclic) bond motifs is 2. The second kappa shape index (κ2) is 19.3. The lowest BCUT2D eigenvalue weighted by Crippen LogP contribution is -2.31. The molecule has 70 heavy (non-hydrogen) atoms. The Bertz CT molecular complexity index is 3520. The van der Waals surface area contributed by atoms with Crippen molar-refractivity contribution in [1.82, 2.24) is 0 Å². The van der Waals surface area contributed by atoms with Crippen molar-refractivity contribution < 1.29 is 0 Å². The first-order chi connectivity index (χ1) is 34.7. The third-order valence-electron chi connectivity index (χ3n) is 14.5. The standard InChI is InChI=1S/C68H54N2/c1-4-15-49(16-5-1)53-27-35-61(36-28-53)69(64-41-33-51-19-10-12-23-58(51)46-64)62-39-31-55(32-40-62)57-25-14-26-60(45-57)67-44-43-66(48-68(67)56-21-8-3-9-22-56)70(65-42-34-52-20-11-13-24-59(52)47-65)63-37-29-54(30-38-63)50-17-6-2-7-18-50/h1-31,33-39,41-47,55,62,66H,32,40,48H2.